The lowest BCUT2D eigenvalue weighted by atomic mass is 9.95. The van der Waals surface area contributed by atoms with Crippen LogP contribution in [0.3, 0.4) is 0 Å². The maximum Gasteiger partial charge on any atom is 0.0582 e. The third kappa shape index (κ3) is 3.78. The first-order valence-corrected chi connectivity index (χ1v) is 7.48. The van der Waals surface area contributed by atoms with Gasteiger partial charge < -0.3 is 9.84 Å². The lowest BCUT2D eigenvalue weighted by Gasteiger charge is -2.20. The van der Waals surface area contributed by atoms with Crippen molar-refractivity contribution >= 4 is 0 Å². The van der Waals surface area contributed by atoms with Gasteiger partial charge in [0.2, 0.25) is 0 Å². The number of aromatic nitrogens is 1. The van der Waals surface area contributed by atoms with Gasteiger partial charge in [-0.2, -0.15) is 0 Å². The molecule has 0 radical (unpaired) electrons. The first kappa shape index (κ1) is 15.4. The smallest absolute Gasteiger partial charge is 0.0582 e. The van der Waals surface area contributed by atoms with Crippen molar-refractivity contribution < 1.29 is 9.84 Å². The fourth-order valence-electron chi connectivity index (χ4n) is 2.63. The summed E-state index contributed by atoms with van der Waals surface area (Å²) in [6.45, 7) is 7.63. The molecule has 4 heteroatoms. The Balaban J connectivity index is 2.24. The Bertz CT molecular complexity index is 428. The number of hydrogen-bond acceptors (Lipinski definition) is 4. The van der Waals surface area contributed by atoms with Gasteiger partial charge in [0.25, 0.3) is 0 Å². The minimum absolute atomic E-state index is 0.183. The standard InChI is InChI=1S/C16H26N2O2/c1-12(2)15-5-4-14(13-6-9-20-11-13)16(17-15)10-18(3)7-8-19/h4-5,12-13,19H,6-11H2,1-3H3/t13-/m0/s1. The van der Waals surface area contributed by atoms with Gasteiger partial charge in [-0.3, -0.25) is 9.88 Å². The van der Waals surface area contributed by atoms with Crippen LogP contribution in [0.1, 0.15) is 49.1 Å². The molecule has 1 saturated heterocycles. The number of likely N-dealkylation sites (N-methyl/N-ethyl adjacent to an activating group) is 1. The Hall–Kier alpha value is -0.970. The van der Waals surface area contributed by atoms with Gasteiger partial charge in [0.15, 0.2) is 0 Å². The highest BCUT2D eigenvalue weighted by atomic mass is 16.5. The quantitative estimate of drug-likeness (QED) is 0.866. The van der Waals surface area contributed by atoms with E-state index in [1.54, 1.807) is 0 Å². The van der Waals surface area contributed by atoms with Crippen LogP contribution in [0.15, 0.2) is 12.1 Å². The van der Waals surface area contributed by atoms with E-state index in [-0.39, 0.29) is 6.61 Å². The second-order valence-electron chi connectivity index (χ2n) is 5.95. The van der Waals surface area contributed by atoms with Gasteiger partial charge in [0.05, 0.1) is 18.9 Å². The Labute approximate surface area is 121 Å². The molecule has 0 bridgehead atoms. The molecule has 2 rings (SSSR count). The van der Waals surface area contributed by atoms with Crippen LogP contribution < -0.4 is 0 Å². The number of pyridine rings is 1. The number of aliphatic hydroxyl groups excluding tert-OH is 1. The molecule has 1 aliphatic heterocycles. The molecule has 4 nitrogen and oxygen atoms in total. The van der Waals surface area contributed by atoms with Crippen molar-refractivity contribution in [3.05, 3.63) is 29.1 Å². The molecule has 0 aliphatic carbocycles. The molecule has 0 amide bonds. The first-order chi connectivity index (χ1) is 9.61. The first-order valence-electron chi connectivity index (χ1n) is 7.48. The molecule has 0 saturated carbocycles. The summed E-state index contributed by atoms with van der Waals surface area (Å²) < 4.78 is 5.52. The van der Waals surface area contributed by atoms with Crippen molar-refractivity contribution in [1.29, 1.82) is 0 Å². The predicted molar refractivity (Wildman–Crippen MR) is 79.9 cm³/mol. The number of ether oxygens (including phenoxy) is 1. The summed E-state index contributed by atoms with van der Waals surface area (Å²) in [5, 5.41) is 9.06. The number of hydrogen-bond donors (Lipinski definition) is 1. The minimum atomic E-state index is 0.183. The van der Waals surface area contributed by atoms with E-state index in [0.717, 1.165) is 37.6 Å². The second kappa shape index (κ2) is 7.16. The molecule has 1 fully saturated rings. The predicted octanol–water partition coefficient (Wildman–Crippen LogP) is 2.13. The summed E-state index contributed by atoms with van der Waals surface area (Å²) in [6, 6.07) is 4.37. The Morgan fingerprint density at radius 1 is 1.45 bits per heavy atom. The van der Waals surface area contributed by atoms with Crippen LogP contribution in [-0.2, 0) is 11.3 Å². The lowest BCUT2D eigenvalue weighted by molar-refractivity contribution is 0.193. The minimum Gasteiger partial charge on any atom is -0.395 e. The fourth-order valence-corrected chi connectivity index (χ4v) is 2.63. The third-order valence-electron chi connectivity index (χ3n) is 3.89. The lowest BCUT2D eigenvalue weighted by Crippen LogP contribution is -2.23. The van der Waals surface area contributed by atoms with E-state index in [9.17, 15) is 0 Å². The van der Waals surface area contributed by atoms with Crippen molar-refractivity contribution in [3.8, 4) is 0 Å². The summed E-state index contributed by atoms with van der Waals surface area (Å²) in [5.74, 6) is 0.909. The van der Waals surface area contributed by atoms with Crippen molar-refractivity contribution in [2.24, 2.45) is 0 Å². The average molecular weight is 278 g/mol. The maximum atomic E-state index is 9.06. The molecule has 2 heterocycles. The number of aliphatic hydroxyl groups is 1. The Morgan fingerprint density at radius 3 is 2.85 bits per heavy atom. The SMILES string of the molecule is CC(C)c1ccc([C@H]2CCOC2)c(CN(C)CCO)n1. The second-order valence-corrected chi connectivity index (χ2v) is 5.95. The molecular formula is C16H26N2O2. The van der Waals surface area contributed by atoms with Crippen LogP contribution in [0.5, 0.6) is 0 Å². The molecule has 0 spiro atoms. The van der Waals surface area contributed by atoms with Crippen LogP contribution in [0.4, 0.5) is 0 Å². The van der Waals surface area contributed by atoms with Crippen LogP contribution in [0.2, 0.25) is 0 Å². The Morgan fingerprint density at radius 2 is 2.25 bits per heavy atom. The van der Waals surface area contributed by atoms with Gasteiger partial charge in [-0.05, 0) is 31.0 Å². The van der Waals surface area contributed by atoms with E-state index in [0.29, 0.717) is 18.4 Å². The van der Waals surface area contributed by atoms with Crippen LogP contribution in [0, 0.1) is 0 Å². The highest BCUT2D eigenvalue weighted by Gasteiger charge is 2.22. The van der Waals surface area contributed by atoms with Crippen LogP contribution in [0.25, 0.3) is 0 Å². The summed E-state index contributed by atoms with van der Waals surface area (Å²) >= 11 is 0. The highest BCUT2D eigenvalue weighted by molar-refractivity contribution is 5.28. The molecule has 20 heavy (non-hydrogen) atoms. The van der Waals surface area contributed by atoms with Crippen molar-refractivity contribution in [2.45, 2.75) is 38.6 Å². The average Bonchev–Trinajstić information content (AvgIpc) is 2.92. The van der Waals surface area contributed by atoms with Crippen molar-refractivity contribution in [3.63, 3.8) is 0 Å². The molecule has 0 aromatic carbocycles. The van der Waals surface area contributed by atoms with E-state index >= 15 is 0 Å². The summed E-state index contributed by atoms with van der Waals surface area (Å²) in [4.78, 5) is 6.98. The van der Waals surface area contributed by atoms with Gasteiger partial charge in [-0.15, -0.1) is 0 Å². The number of rotatable bonds is 6. The Kier molecular flexibility index (Phi) is 5.52. The van der Waals surface area contributed by atoms with Gasteiger partial charge in [-0.25, -0.2) is 0 Å². The van der Waals surface area contributed by atoms with E-state index in [2.05, 4.69) is 30.9 Å². The zero-order chi connectivity index (χ0) is 14.5. The molecule has 1 aromatic heterocycles. The van der Waals surface area contributed by atoms with E-state index < -0.39 is 0 Å². The largest absolute Gasteiger partial charge is 0.395 e. The van der Waals surface area contributed by atoms with Gasteiger partial charge in [0.1, 0.15) is 0 Å². The molecule has 1 aliphatic rings. The monoisotopic (exact) mass is 278 g/mol. The third-order valence-corrected chi connectivity index (χ3v) is 3.89. The molecule has 112 valence electrons. The van der Waals surface area contributed by atoms with E-state index in [4.69, 9.17) is 14.8 Å². The van der Waals surface area contributed by atoms with E-state index in [1.165, 1.54) is 5.56 Å². The molecular weight excluding hydrogens is 252 g/mol. The van der Waals surface area contributed by atoms with Gasteiger partial charge >= 0.3 is 0 Å². The van der Waals surface area contributed by atoms with Crippen molar-refractivity contribution in [2.75, 3.05) is 33.4 Å². The van der Waals surface area contributed by atoms with Gasteiger partial charge in [0, 0.05) is 31.3 Å². The number of nitrogens with zero attached hydrogens (tertiary/aromatic N) is 2. The summed E-state index contributed by atoms with van der Waals surface area (Å²) in [7, 11) is 2.02. The maximum absolute atomic E-state index is 9.06. The molecule has 1 aromatic rings. The fraction of sp³-hybridized carbons (Fsp3) is 0.688. The molecule has 1 atom stereocenters. The zero-order valence-corrected chi connectivity index (χ0v) is 12.8. The normalized spacial score (nSPS) is 19.2. The van der Waals surface area contributed by atoms with Crippen LogP contribution in [-0.4, -0.2) is 48.4 Å². The summed E-state index contributed by atoms with van der Waals surface area (Å²) in [6.07, 6.45) is 1.08. The zero-order valence-electron chi connectivity index (χ0n) is 12.8. The molecule has 0 unspecified atom stereocenters. The summed E-state index contributed by atoms with van der Waals surface area (Å²) in [5.41, 5.74) is 3.60. The molecule has 1 N–H and O–H groups in total. The van der Waals surface area contributed by atoms with Crippen molar-refractivity contribution in [1.82, 2.24) is 9.88 Å². The van der Waals surface area contributed by atoms with Crippen LogP contribution >= 0.6 is 0 Å². The topological polar surface area (TPSA) is 45.6 Å². The highest BCUT2D eigenvalue weighted by Crippen LogP contribution is 2.29. The van der Waals surface area contributed by atoms with E-state index in [1.807, 2.05) is 7.05 Å². The van der Waals surface area contributed by atoms with Gasteiger partial charge in [-0.1, -0.05) is 19.9 Å².